The van der Waals surface area contributed by atoms with Crippen molar-refractivity contribution in [2.24, 2.45) is 17.8 Å². The van der Waals surface area contributed by atoms with Crippen molar-refractivity contribution in [3.8, 4) is 0 Å². The van der Waals surface area contributed by atoms with Crippen LogP contribution in [-0.2, 0) is 9.59 Å². The van der Waals surface area contributed by atoms with Gasteiger partial charge in [0.2, 0.25) is 11.8 Å². The lowest BCUT2D eigenvalue weighted by Gasteiger charge is -2.22. The molecule has 0 spiro atoms. The van der Waals surface area contributed by atoms with E-state index in [2.05, 4.69) is 10.6 Å². The topological polar surface area (TPSA) is 58.2 Å². The molecule has 2 aliphatic carbocycles. The third-order valence-electron chi connectivity index (χ3n) is 4.73. The zero-order valence-electron chi connectivity index (χ0n) is 10.1. The van der Waals surface area contributed by atoms with E-state index in [1.54, 1.807) is 0 Å². The third-order valence-corrected chi connectivity index (χ3v) is 4.73. The Balaban J connectivity index is 1.45. The van der Waals surface area contributed by atoms with Crippen molar-refractivity contribution in [3.05, 3.63) is 0 Å². The molecular weight excluding hydrogens is 216 g/mol. The average molecular weight is 236 g/mol. The molecule has 3 rings (SSSR count). The van der Waals surface area contributed by atoms with Crippen molar-refractivity contribution >= 4 is 11.8 Å². The molecule has 0 aromatic rings. The molecule has 2 amide bonds. The molecule has 3 fully saturated rings. The first-order valence-corrected chi connectivity index (χ1v) is 6.79. The van der Waals surface area contributed by atoms with E-state index in [0.717, 1.165) is 18.4 Å². The Morgan fingerprint density at radius 2 is 2.18 bits per heavy atom. The first kappa shape index (κ1) is 11.1. The van der Waals surface area contributed by atoms with E-state index < -0.39 is 0 Å². The van der Waals surface area contributed by atoms with Gasteiger partial charge in [0, 0.05) is 13.0 Å². The van der Waals surface area contributed by atoms with Crippen LogP contribution in [0.4, 0.5) is 0 Å². The third kappa shape index (κ3) is 2.17. The molecule has 4 nitrogen and oxygen atoms in total. The summed E-state index contributed by atoms with van der Waals surface area (Å²) in [6.07, 6.45) is 6.56. The predicted octanol–water partition coefficient (Wildman–Crippen LogP) is 0.817. The van der Waals surface area contributed by atoms with E-state index in [1.165, 1.54) is 25.7 Å². The molecule has 17 heavy (non-hydrogen) atoms. The summed E-state index contributed by atoms with van der Waals surface area (Å²) in [6, 6.07) is -0.277. The molecule has 0 radical (unpaired) electrons. The van der Waals surface area contributed by atoms with Crippen LogP contribution < -0.4 is 10.6 Å². The molecule has 1 aliphatic heterocycles. The summed E-state index contributed by atoms with van der Waals surface area (Å²) in [5, 5.41) is 5.73. The lowest BCUT2D eigenvalue weighted by Crippen LogP contribution is -2.43. The van der Waals surface area contributed by atoms with Crippen molar-refractivity contribution in [1.29, 1.82) is 0 Å². The minimum atomic E-state index is -0.277. The molecule has 4 atom stereocenters. The number of carbonyl (C=O) groups is 2. The maximum atomic E-state index is 11.8. The molecule has 1 heterocycles. The van der Waals surface area contributed by atoms with Crippen LogP contribution >= 0.6 is 0 Å². The predicted molar refractivity (Wildman–Crippen MR) is 63.1 cm³/mol. The maximum Gasteiger partial charge on any atom is 0.242 e. The van der Waals surface area contributed by atoms with Gasteiger partial charge in [-0.2, -0.15) is 0 Å². The summed E-state index contributed by atoms with van der Waals surface area (Å²) in [5.74, 6) is 2.48. The molecule has 94 valence electrons. The summed E-state index contributed by atoms with van der Waals surface area (Å²) in [7, 11) is 0. The van der Waals surface area contributed by atoms with Gasteiger partial charge >= 0.3 is 0 Å². The van der Waals surface area contributed by atoms with Gasteiger partial charge in [0.1, 0.15) is 6.04 Å². The molecular formula is C13H20N2O2. The highest BCUT2D eigenvalue weighted by Gasteiger charge is 2.39. The number of hydrogen-bond acceptors (Lipinski definition) is 2. The zero-order chi connectivity index (χ0) is 11.8. The first-order chi connectivity index (χ1) is 8.22. The molecule has 2 N–H and O–H groups in total. The smallest absolute Gasteiger partial charge is 0.242 e. The normalized spacial score (nSPS) is 39.4. The average Bonchev–Trinajstić information content (AvgIpc) is 3.01. The molecule has 1 saturated heterocycles. The maximum absolute atomic E-state index is 11.8. The van der Waals surface area contributed by atoms with E-state index >= 15 is 0 Å². The largest absolute Gasteiger partial charge is 0.354 e. The van der Waals surface area contributed by atoms with E-state index in [-0.39, 0.29) is 17.9 Å². The lowest BCUT2D eigenvalue weighted by atomic mass is 9.89. The minimum Gasteiger partial charge on any atom is -0.354 e. The number of nitrogens with one attached hydrogen (secondary N) is 2. The molecule has 0 aromatic heterocycles. The zero-order valence-corrected chi connectivity index (χ0v) is 10.1. The fourth-order valence-electron chi connectivity index (χ4n) is 3.79. The second-order valence-electron chi connectivity index (χ2n) is 5.84. The van der Waals surface area contributed by atoms with Gasteiger partial charge in [0.05, 0.1) is 0 Å². The van der Waals surface area contributed by atoms with Crippen molar-refractivity contribution < 1.29 is 9.59 Å². The van der Waals surface area contributed by atoms with E-state index in [1.807, 2.05) is 0 Å². The van der Waals surface area contributed by atoms with Crippen molar-refractivity contribution in [2.45, 2.75) is 44.6 Å². The van der Waals surface area contributed by atoms with Crippen LogP contribution in [0.3, 0.4) is 0 Å². The van der Waals surface area contributed by atoms with E-state index in [0.29, 0.717) is 18.8 Å². The van der Waals surface area contributed by atoms with Crippen LogP contribution in [0.2, 0.25) is 0 Å². The Bertz CT molecular complexity index is 342. The van der Waals surface area contributed by atoms with Crippen LogP contribution in [0.25, 0.3) is 0 Å². The van der Waals surface area contributed by atoms with Crippen LogP contribution in [0.1, 0.15) is 38.5 Å². The van der Waals surface area contributed by atoms with Gasteiger partial charge in [0.15, 0.2) is 0 Å². The van der Waals surface area contributed by atoms with Gasteiger partial charge in [-0.1, -0.05) is 6.42 Å². The molecule has 2 bridgehead atoms. The Morgan fingerprint density at radius 1 is 1.29 bits per heavy atom. The monoisotopic (exact) mass is 236 g/mol. The Labute approximate surface area is 102 Å². The Kier molecular flexibility index (Phi) is 2.81. The molecule has 0 unspecified atom stereocenters. The Hall–Kier alpha value is -1.06. The van der Waals surface area contributed by atoms with Crippen molar-refractivity contribution in [1.82, 2.24) is 10.6 Å². The summed E-state index contributed by atoms with van der Waals surface area (Å²) in [6.45, 7) is 0.812. The van der Waals surface area contributed by atoms with E-state index in [9.17, 15) is 9.59 Å². The highest BCUT2D eigenvalue weighted by molar-refractivity contribution is 5.90. The van der Waals surface area contributed by atoms with Crippen molar-refractivity contribution in [3.63, 3.8) is 0 Å². The highest BCUT2D eigenvalue weighted by atomic mass is 16.2. The number of hydrogen-bond donors (Lipinski definition) is 2. The van der Waals surface area contributed by atoms with E-state index in [4.69, 9.17) is 0 Å². The highest BCUT2D eigenvalue weighted by Crippen LogP contribution is 2.47. The van der Waals surface area contributed by atoms with Gasteiger partial charge in [-0.15, -0.1) is 0 Å². The number of carbonyl (C=O) groups excluding carboxylic acids is 2. The summed E-state index contributed by atoms with van der Waals surface area (Å²) >= 11 is 0. The second kappa shape index (κ2) is 4.31. The lowest BCUT2D eigenvalue weighted by molar-refractivity contribution is -0.125. The van der Waals surface area contributed by atoms with Gasteiger partial charge in [0.25, 0.3) is 0 Å². The summed E-state index contributed by atoms with van der Waals surface area (Å²) in [5.41, 5.74) is 0. The standard InChI is InChI=1S/C13H20N2O2/c16-12-4-3-11(15-12)13(17)14-7-10-6-8-1-2-9(10)5-8/h8-11H,1-7H2,(H,14,17)(H,15,16)/t8-,9-,10-,11+/m0/s1. The van der Waals surface area contributed by atoms with Crippen LogP contribution in [0, 0.1) is 17.8 Å². The van der Waals surface area contributed by atoms with Crippen LogP contribution in [-0.4, -0.2) is 24.4 Å². The number of rotatable bonds is 3. The minimum absolute atomic E-state index is 0.00470. The quantitative estimate of drug-likeness (QED) is 0.762. The SMILES string of the molecule is O=C1CC[C@H](C(=O)NC[C@@H]2C[C@H]3CC[C@H]2C3)N1. The van der Waals surface area contributed by atoms with Crippen molar-refractivity contribution in [2.75, 3.05) is 6.54 Å². The van der Waals surface area contributed by atoms with Crippen LogP contribution in [0.5, 0.6) is 0 Å². The number of amides is 2. The molecule has 0 aromatic carbocycles. The summed E-state index contributed by atoms with van der Waals surface area (Å²) in [4.78, 5) is 22.9. The Morgan fingerprint density at radius 3 is 2.76 bits per heavy atom. The number of fused-ring (bicyclic) bond motifs is 2. The van der Waals surface area contributed by atoms with Gasteiger partial charge in [-0.25, -0.2) is 0 Å². The molecule has 3 aliphatic rings. The second-order valence-corrected chi connectivity index (χ2v) is 5.84. The van der Waals surface area contributed by atoms with Gasteiger partial charge < -0.3 is 10.6 Å². The first-order valence-electron chi connectivity index (χ1n) is 6.79. The fourth-order valence-corrected chi connectivity index (χ4v) is 3.79. The van der Waals surface area contributed by atoms with Gasteiger partial charge in [-0.05, 0) is 43.4 Å². The molecule has 2 saturated carbocycles. The fraction of sp³-hybridized carbons (Fsp3) is 0.846. The molecule has 4 heteroatoms. The van der Waals surface area contributed by atoms with Gasteiger partial charge in [-0.3, -0.25) is 9.59 Å². The van der Waals surface area contributed by atoms with Crippen LogP contribution in [0.15, 0.2) is 0 Å². The summed E-state index contributed by atoms with van der Waals surface area (Å²) < 4.78 is 0.